The molecule has 2 aromatic carbocycles. The Balaban J connectivity index is 1.62. The van der Waals surface area contributed by atoms with Gasteiger partial charge in [-0.05, 0) is 42.8 Å². The highest BCUT2D eigenvalue weighted by Crippen LogP contribution is 2.17. The van der Waals surface area contributed by atoms with Gasteiger partial charge in [0.25, 0.3) is 5.91 Å². The summed E-state index contributed by atoms with van der Waals surface area (Å²) in [5.41, 5.74) is 1.97. The molecule has 1 heterocycles. The van der Waals surface area contributed by atoms with Crippen molar-refractivity contribution in [3.63, 3.8) is 0 Å². The molecule has 0 bridgehead atoms. The summed E-state index contributed by atoms with van der Waals surface area (Å²) in [6.45, 7) is 2.12. The van der Waals surface area contributed by atoms with Gasteiger partial charge < -0.3 is 14.6 Å². The van der Waals surface area contributed by atoms with Crippen molar-refractivity contribution in [2.24, 2.45) is 0 Å². The summed E-state index contributed by atoms with van der Waals surface area (Å²) in [5, 5.41) is 3.53. The Labute approximate surface area is 151 Å². The number of carbonyl (C=O) groups excluding carboxylic acids is 1. The lowest BCUT2D eigenvalue weighted by Gasteiger charge is -2.16. The number of imidazole rings is 1. The molecule has 1 amide bonds. The van der Waals surface area contributed by atoms with Gasteiger partial charge in [-0.3, -0.25) is 4.79 Å². The number of carbonyl (C=O) groups is 1. The number of hydrogen-bond donors (Lipinski definition) is 1. The van der Waals surface area contributed by atoms with E-state index in [2.05, 4.69) is 10.3 Å². The Morgan fingerprint density at radius 1 is 1.24 bits per heavy atom. The summed E-state index contributed by atoms with van der Waals surface area (Å²) in [5.74, 6) is 0.418. The molecule has 1 N–H and O–H groups in total. The van der Waals surface area contributed by atoms with Crippen LogP contribution in [0.4, 0.5) is 0 Å². The molecule has 0 saturated carbocycles. The van der Waals surface area contributed by atoms with Crippen LogP contribution in [0.2, 0.25) is 5.02 Å². The number of nitrogens with one attached hydrogen (secondary N) is 1. The monoisotopic (exact) mass is 355 g/mol. The largest absolute Gasteiger partial charge is 0.481 e. The number of halogens is 1. The topological polar surface area (TPSA) is 56.1 Å². The van der Waals surface area contributed by atoms with Gasteiger partial charge in [0.15, 0.2) is 6.10 Å². The van der Waals surface area contributed by atoms with Gasteiger partial charge in [0.1, 0.15) is 5.75 Å². The Kier molecular flexibility index (Phi) is 5.36. The normalized spacial score (nSPS) is 11.8. The van der Waals surface area contributed by atoms with Gasteiger partial charge in [-0.1, -0.05) is 29.8 Å². The Hall–Kier alpha value is -2.79. The Bertz CT molecular complexity index is 832. The van der Waals surface area contributed by atoms with E-state index < -0.39 is 6.10 Å². The lowest BCUT2D eigenvalue weighted by Crippen LogP contribution is -2.36. The molecule has 0 unspecified atom stereocenters. The van der Waals surface area contributed by atoms with Crippen molar-refractivity contribution in [3.05, 3.63) is 77.8 Å². The minimum atomic E-state index is -0.610. The maximum Gasteiger partial charge on any atom is 0.261 e. The van der Waals surface area contributed by atoms with Crippen molar-refractivity contribution in [2.45, 2.75) is 19.6 Å². The quantitative estimate of drug-likeness (QED) is 0.735. The standard InChI is InChI=1S/C19H18ClN3O2/c1-14(25-17-8-6-16(20)7-9-17)19(24)22-12-15-4-2-3-5-18(15)23-11-10-21-13-23/h2-11,13-14H,12H2,1H3,(H,22,24)/t14-/m0/s1. The fraction of sp³-hybridized carbons (Fsp3) is 0.158. The second-order valence-electron chi connectivity index (χ2n) is 5.53. The minimum Gasteiger partial charge on any atom is -0.481 e. The van der Waals surface area contributed by atoms with E-state index in [-0.39, 0.29) is 5.91 Å². The van der Waals surface area contributed by atoms with Gasteiger partial charge in [0.2, 0.25) is 0 Å². The number of benzene rings is 2. The number of aromatic nitrogens is 2. The fourth-order valence-corrected chi connectivity index (χ4v) is 2.54. The van der Waals surface area contributed by atoms with Crippen LogP contribution >= 0.6 is 11.6 Å². The molecule has 25 heavy (non-hydrogen) atoms. The molecule has 1 aromatic heterocycles. The third-order valence-electron chi connectivity index (χ3n) is 3.72. The molecule has 0 aliphatic carbocycles. The molecule has 0 spiro atoms. The second kappa shape index (κ2) is 7.85. The lowest BCUT2D eigenvalue weighted by molar-refractivity contribution is -0.127. The zero-order chi connectivity index (χ0) is 17.6. The molecular formula is C19H18ClN3O2. The molecular weight excluding hydrogens is 338 g/mol. The summed E-state index contributed by atoms with van der Waals surface area (Å²) in [6, 6.07) is 14.8. The molecule has 0 fully saturated rings. The van der Waals surface area contributed by atoms with E-state index in [1.807, 2.05) is 35.0 Å². The first-order valence-corrected chi connectivity index (χ1v) is 8.27. The minimum absolute atomic E-state index is 0.185. The van der Waals surface area contributed by atoms with Crippen LogP contribution in [0.3, 0.4) is 0 Å². The maximum absolute atomic E-state index is 12.3. The second-order valence-corrected chi connectivity index (χ2v) is 5.97. The average molecular weight is 356 g/mol. The number of nitrogens with zero attached hydrogens (tertiary/aromatic N) is 2. The number of hydrogen-bond acceptors (Lipinski definition) is 3. The number of rotatable bonds is 6. The van der Waals surface area contributed by atoms with Gasteiger partial charge in [-0.25, -0.2) is 4.98 Å². The van der Waals surface area contributed by atoms with Crippen LogP contribution in [0.15, 0.2) is 67.3 Å². The molecule has 3 aromatic rings. The Morgan fingerprint density at radius 3 is 2.72 bits per heavy atom. The zero-order valence-electron chi connectivity index (χ0n) is 13.7. The Morgan fingerprint density at radius 2 is 2.00 bits per heavy atom. The third-order valence-corrected chi connectivity index (χ3v) is 3.97. The summed E-state index contributed by atoms with van der Waals surface area (Å²) in [7, 11) is 0. The van der Waals surface area contributed by atoms with Gasteiger partial charge >= 0.3 is 0 Å². The van der Waals surface area contributed by atoms with Crippen LogP contribution < -0.4 is 10.1 Å². The first-order chi connectivity index (χ1) is 12.1. The van der Waals surface area contributed by atoms with E-state index in [0.717, 1.165) is 11.3 Å². The molecule has 0 aliphatic heterocycles. The summed E-state index contributed by atoms with van der Waals surface area (Å²) >= 11 is 5.84. The number of ether oxygens (including phenoxy) is 1. The molecule has 3 rings (SSSR count). The van der Waals surface area contributed by atoms with Crippen molar-refractivity contribution >= 4 is 17.5 Å². The predicted octanol–water partition coefficient (Wildman–Crippen LogP) is 3.61. The highest BCUT2D eigenvalue weighted by Gasteiger charge is 2.15. The maximum atomic E-state index is 12.3. The highest BCUT2D eigenvalue weighted by molar-refractivity contribution is 6.30. The molecule has 0 saturated heterocycles. The smallest absolute Gasteiger partial charge is 0.261 e. The summed E-state index contributed by atoms with van der Waals surface area (Å²) < 4.78 is 7.55. The molecule has 128 valence electrons. The number of amides is 1. The molecule has 0 radical (unpaired) electrons. The van der Waals surface area contributed by atoms with Crippen molar-refractivity contribution in [1.82, 2.24) is 14.9 Å². The van der Waals surface area contributed by atoms with Crippen molar-refractivity contribution in [3.8, 4) is 11.4 Å². The summed E-state index contributed by atoms with van der Waals surface area (Å²) in [4.78, 5) is 16.4. The van der Waals surface area contributed by atoms with E-state index in [1.54, 1.807) is 43.7 Å². The lowest BCUT2D eigenvalue weighted by atomic mass is 10.1. The van der Waals surface area contributed by atoms with Crippen LogP contribution in [0.5, 0.6) is 5.75 Å². The number of para-hydroxylation sites is 1. The van der Waals surface area contributed by atoms with Crippen molar-refractivity contribution in [1.29, 1.82) is 0 Å². The van der Waals surface area contributed by atoms with E-state index in [4.69, 9.17) is 16.3 Å². The first-order valence-electron chi connectivity index (χ1n) is 7.89. The van der Waals surface area contributed by atoms with Crippen LogP contribution in [0.25, 0.3) is 5.69 Å². The fourth-order valence-electron chi connectivity index (χ4n) is 2.41. The van der Waals surface area contributed by atoms with E-state index in [9.17, 15) is 4.79 Å². The van der Waals surface area contributed by atoms with Crippen molar-refractivity contribution < 1.29 is 9.53 Å². The molecule has 1 atom stereocenters. The van der Waals surface area contributed by atoms with Crippen molar-refractivity contribution in [2.75, 3.05) is 0 Å². The van der Waals surface area contributed by atoms with E-state index >= 15 is 0 Å². The van der Waals surface area contributed by atoms with Gasteiger partial charge in [-0.2, -0.15) is 0 Å². The summed E-state index contributed by atoms with van der Waals surface area (Å²) in [6.07, 6.45) is 4.71. The molecule has 6 heteroatoms. The van der Waals surface area contributed by atoms with Crippen LogP contribution in [-0.4, -0.2) is 21.6 Å². The van der Waals surface area contributed by atoms with Crippen LogP contribution in [0.1, 0.15) is 12.5 Å². The SMILES string of the molecule is C[C@H](Oc1ccc(Cl)cc1)C(=O)NCc1ccccc1-n1ccnc1. The molecule has 0 aliphatic rings. The average Bonchev–Trinajstić information content (AvgIpc) is 3.16. The highest BCUT2D eigenvalue weighted by atomic mass is 35.5. The van der Waals surface area contributed by atoms with E-state index in [1.165, 1.54) is 0 Å². The first kappa shape index (κ1) is 17.0. The van der Waals surface area contributed by atoms with Gasteiger partial charge in [0.05, 0.1) is 12.0 Å². The van der Waals surface area contributed by atoms with E-state index in [0.29, 0.717) is 17.3 Å². The molecule has 5 nitrogen and oxygen atoms in total. The van der Waals surface area contributed by atoms with Crippen LogP contribution in [0, 0.1) is 0 Å². The van der Waals surface area contributed by atoms with Gasteiger partial charge in [-0.15, -0.1) is 0 Å². The predicted molar refractivity (Wildman–Crippen MR) is 97.0 cm³/mol. The zero-order valence-corrected chi connectivity index (χ0v) is 14.5. The van der Waals surface area contributed by atoms with Crippen LogP contribution in [-0.2, 0) is 11.3 Å². The van der Waals surface area contributed by atoms with Gasteiger partial charge in [0, 0.05) is 24.0 Å². The third kappa shape index (κ3) is 4.39.